The van der Waals surface area contributed by atoms with Crippen molar-refractivity contribution in [2.75, 3.05) is 0 Å². The monoisotopic (exact) mass is 234 g/mol. The molecule has 0 heterocycles. The van der Waals surface area contributed by atoms with Crippen LogP contribution in [-0.4, -0.2) is 16.4 Å². The maximum atomic E-state index is 3.48. The number of hydrogen-bond acceptors (Lipinski definition) is 0. The van der Waals surface area contributed by atoms with Crippen LogP contribution in [0.2, 0.25) is 0 Å². The Kier molecular flexibility index (Phi) is 152. The third-order valence-corrected chi connectivity index (χ3v) is 0.667. The van der Waals surface area contributed by atoms with Crippen LogP contribution in [0.15, 0.2) is 50.6 Å². The number of allylic oxidation sites excluding steroid dienone is 4. The first-order chi connectivity index (χ1) is 6.24. The average Bonchev–Trinajstić information content (AvgIpc) is 2.09. The Balaban J connectivity index is -0.0000000220. The Labute approximate surface area is 101 Å². The van der Waals surface area contributed by atoms with Crippen LogP contribution in [0.3, 0.4) is 0 Å². The highest BCUT2D eigenvalue weighted by Gasteiger charge is 1.53. The van der Waals surface area contributed by atoms with Crippen molar-refractivity contribution in [1.29, 1.82) is 0 Å². The smallest absolute Gasteiger partial charge is 0.0175 e. The van der Waals surface area contributed by atoms with Crippen LogP contribution in [0, 0.1) is 0 Å². The number of rotatable bonds is 4. The van der Waals surface area contributed by atoms with Gasteiger partial charge in [-0.15, -0.1) is 26.3 Å². The van der Waals surface area contributed by atoms with Gasteiger partial charge in [0.25, 0.3) is 0 Å². The Bertz CT molecular complexity index is 94.3. The summed E-state index contributed by atoms with van der Waals surface area (Å²) in [5.74, 6) is 0. The van der Waals surface area contributed by atoms with Gasteiger partial charge in [-0.1, -0.05) is 44.6 Å². The fraction of sp³-hybridized carbons (Fsp3) is 0.385. The minimum atomic E-state index is 0. The van der Waals surface area contributed by atoms with Gasteiger partial charge in [-0.3, -0.25) is 0 Å². The van der Waals surface area contributed by atoms with Gasteiger partial charge in [-0.2, -0.15) is 0 Å². The van der Waals surface area contributed by atoms with E-state index in [0.717, 1.165) is 12.8 Å². The molecule has 6 N–H and O–H groups in total. The molecule has 0 aromatic carbocycles. The highest BCUT2D eigenvalue weighted by Crippen LogP contribution is 1.74. The van der Waals surface area contributed by atoms with Crippen LogP contribution in [0.25, 0.3) is 0 Å². The first-order valence-electron chi connectivity index (χ1n) is 4.68. The van der Waals surface area contributed by atoms with E-state index in [9.17, 15) is 0 Å². The van der Waals surface area contributed by atoms with E-state index in [1.165, 1.54) is 6.42 Å². The standard InChI is InChI=1S/2C5H8.C3H8.3H2O/c2*1-3-5-4-2;1-3-2;;;/h2*3-4H,1-2,5H2;3H2,1-2H3;3*1H2. The van der Waals surface area contributed by atoms with E-state index in [1.807, 2.05) is 24.3 Å². The minimum absolute atomic E-state index is 0. The van der Waals surface area contributed by atoms with E-state index < -0.39 is 0 Å². The highest BCUT2D eigenvalue weighted by atomic mass is 16.0. The fourth-order valence-electron chi connectivity index (χ4n) is 0.236. The summed E-state index contributed by atoms with van der Waals surface area (Å²) in [6, 6.07) is 0. The molecule has 0 fully saturated rings. The zero-order valence-corrected chi connectivity index (χ0v) is 10.8. The van der Waals surface area contributed by atoms with Gasteiger partial charge < -0.3 is 16.4 Å². The van der Waals surface area contributed by atoms with E-state index in [-0.39, 0.29) is 16.4 Å². The molecule has 0 aliphatic carbocycles. The zero-order chi connectivity index (χ0) is 10.9. The molecule has 0 amide bonds. The summed E-state index contributed by atoms with van der Waals surface area (Å²) in [4.78, 5) is 0. The second-order valence-electron chi connectivity index (χ2n) is 2.33. The number of hydrogen-bond donors (Lipinski definition) is 0. The Morgan fingerprint density at radius 3 is 0.750 bits per heavy atom. The molecule has 3 nitrogen and oxygen atoms in total. The third kappa shape index (κ3) is 223. The summed E-state index contributed by atoms with van der Waals surface area (Å²) in [6.07, 6.45) is 10.3. The molecule has 0 saturated carbocycles. The SMILES string of the molecule is C=CCC=C.C=CCC=C.CCC.O.O.O. The topological polar surface area (TPSA) is 94.5 Å². The summed E-state index contributed by atoms with van der Waals surface area (Å²) in [6.45, 7) is 18.2. The van der Waals surface area contributed by atoms with Crippen LogP contribution < -0.4 is 0 Å². The largest absolute Gasteiger partial charge is 0.412 e. The Morgan fingerprint density at radius 2 is 0.750 bits per heavy atom. The van der Waals surface area contributed by atoms with Gasteiger partial charge >= 0.3 is 0 Å². The molecule has 0 bridgehead atoms. The van der Waals surface area contributed by atoms with Gasteiger partial charge in [0.2, 0.25) is 0 Å². The van der Waals surface area contributed by atoms with E-state index in [1.54, 1.807) is 0 Å². The zero-order valence-electron chi connectivity index (χ0n) is 10.8. The van der Waals surface area contributed by atoms with Crippen molar-refractivity contribution >= 4 is 0 Å². The lowest BCUT2D eigenvalue weighted by Crippen LogP contribution is -1.43. The Hall–Kier alpha value is -1.16. The average molecular weight is 234 g/mol. The van der Waals surface area contributed by atoms with Gasteiger partial charge in [0.15, 0.2) is 0 Å². The summed E-state index contributed by atoms with van der Waals surface area (Å²) in [5.41, 5.74) is 0. The van der Waals surface area contributed by atoms with Gasteiger partial charge in [-0.25, -0.2) is 0 Å². The molecule has 0 aliphatic heterocycles. The molecule has 0 aromatic heterocycles. The van der Waals surface area contributed by atoms with Crippen molar-refractivity contribution in [2.24, 2.45) is 0 Å². The molecule has 0 rings (SSSR count). The normalized spacial score (nSPS) is 5.12. The van der Waals surface area contributed by atoms with Crippen LogP contribution >= 0.6 is 0 Å². The highest BCUT2D eigenvalue weighted by molar-refractivity contribution is 4.79. The molecule has 3 heteroatoms. The molecule has 0 aliphatic rings. The lowest BCUT2D eigenvalue weighted by atomic mass is 10.4. The fourth-order valence-corrected chi connectivity index (χ4v) is 0.236. The van der Waals surface area contributed by atoms with Crippen molar-refractivity contribution in [3.8, 4) is 0 Å². The molecule has 16 heavy (non-hydrogen) atoms. The second kappa shape index (κ2) is 66.9. The minimum Gasteiger partial charge on any atom is -0.412 e. The van der Waals surface area contributed by atoms with Crippen molar-refractivity contribution in [3.63, 3.8) is 0 Å². The predicted molar refractivity (Wildman–Crippen MR) is 76.8 cm³/mol. The Morgan fingerprint density at radius 1 is 0.625 bits per heavy atom. The lowest BCUT2D eigenvalue weighted by molar-refractivity contribution is 0.823. The van der Waals surface area contributed by atoms with Crippen molar-refractivity contribution < 1.29 is 16.4 Å². The molecule has 0 unspecified atom stereocenters. The van der Waals surface area contributed by atoms with Gasteiger partial charge in [0.05, 0.1) is 0 Å². The molecule has 0 atom stereocenters. The lowest BCUT2D eigenvalue weighted by Gasteiger charge is -1.64. The van der Waals surface area contributed by atoms with E-state index in [0.29, 0.717) is 0 Å². The molecular formula is C13H30O3. The van der Waals surface area contributed by atoms with Gasteiger partial charge in [0.1, 0.15) is 0 Å². The summed E-state index contributed by atoms with van der Waals surface area (Å²) in [7, 11) is 0. The molecule has 100 valence electrons. The first-order valence-corrected chi connectivity index (χ1v) is 4.68. The van der Waals surface area contributed by atoms with E-state index in [2.05, 4.69) is 40.2 Å². The van der Waals surface area contributed by atoms with Crippen LogP contribution in [-0.2, 0) is 0 Å². The quantitative estimate of drug-likeness (QED) is 0.668. The molecular weight excluding hydrogens is 204 g/mol. The summed E-state index contributed by atoms with van der Waals surface area (Å²) < 4.78 is 0. The third-order valence-electron chi connectivity index (χ3n) is 0.667. The maximum absolute atomic E-state index is 3.48. The second-order valence-corrected chi connectivity index (χ2v) is 2.33. The molecule has 0 aromatic rings. The van der Waals surface area contributed by atoms with Crippen molar-refractivity contribution in [1.82, 2.24) is 0 Å². The van der Waals surface area contributed by atoms with Crippen molar-refractivity contribution in [2.45, 2.75) is 33.1 Å². The first kappa shape index (κ1) is 36.4. The summed E-state index contributed by atoms with van der Waals surface area (Å²) in [5, 5.41) is 0. The predicted octanol–water partition coefficient (Wildman–Crippen LogP) is 2.44. The van der Waals surface area contributed by atoms with E-state index in [4.69, 9.17) is 0 Å². The molecule has 0 spiro atoms. The van der Waals surface area contributed by atoms with Crippen molar-refractivity contribution in [3.05, 3.63) is 50.6 Å². The van der Waals surface area contributed by atoms with Gasteiger partial charge in [0, 0.05) is 0 Å². The van der Waals surface area contributed by atoms with Crippen LogP contribution in [0.1, 0.15) is 33.1 Å². The maximum Gasteiger partial charge on any atom is -0.0175 e. The van der Waals surface area contributed by atoms with Crippen LogP contribution in [0.4, 0.5) is 0 Å². The van der Waals surface area contributed by atoms with Crippen LogP contribution in [0.5, 0.6) is 0 Å². The van der Waals surface area contributed by atoms with E-state index >= 15 is 0 Å². The molecule has 0 radical (unpaired) electrons. The summed E-state index contributed by atoms with van der Waals surface area (Å²) >= 11 is 0. The molecule has 0 saturated heterocycles. The van der Waals surface area contributed by atoms with Gasteiger partial charge in [-0.05, 0) is 12.8 Å².